The highest BCUT2D eigenvalue weighted by Gasteiger charge is 2.24. The first-order valence-electron chi connectivity index (χ1n) is 6.57. The van der Waals surface area contributed by atoms with Crippen molar-refractivity contribution in [1.82, 2.24) is 4.49 Å². The van der Waals surface area contributed by atoms with Gasteiger partial charge in [-0.15, -0.1) is 0 Å². The third kappa shape index (κ3) is 3.99. The molecule has 0 unspecified atom stereocenters. The standard InChI is InChI=1S/C16H20NOPS/c1-16(2,3)20(18)17-19(14-10-6-4-7-11-14)15-12-8-5-9-13-15/h4-13,17H,1-3H3/t20-/m0/s1. The van der Waals surface area contributed by atoms with E-state index in [0.717, 1.165) is 0 Å². The van der Waals surface area contributed by atoms with Crippen LogP contribution in [-0.4, -0.2) is 8.96 Å². The quantitative estimate of drug-likeness (QED) is 0.864. The normalized spacial score (nSPS) is 13.4. The van der Waals surface area contributed by atoms with E-state index in [1.165, 1.54) is 10.6 Å². The van der Waals surface area contributed by atoms with Crippen molar-refractivity contribution in [2.24, 2.45) is 0 Å². The fraction of sp³-hybridized carbons (Fsp3) is 0.250. The molecule has 20 heavy (non-hydrogen) atoms. The number of nitrogens with one attached hydrogen (secondary N) is 1. The topological polar surface area (TPSA) is 29.1 Å². The minimum absolute atomic E-state index is 0.274. The molecule has 0 bridgehead atoms. The zero-order valence-corrected chi connectivity index (χ0v) is 13.7. The van der Waals surface area contributed by atoms with Crippen molar-refractivity contribution in [3.8, 4) is 0 Å². The first-order valence-corrected chi connectivity index (χ1v) is 9.06. The van der Waals surface area contributed by atoms with Crippen LogP contribution in [0.2, 0.25) is 0 Å². The summed E-state index contributed by atoms with van der Waals surface area (Å²) in [6.45, 7) is 5.96. The lowest BCUT2D eigenvalue weighted by molar-refractivity contribution is 0.647. The van der Waals surface area contributed by atoms with Crippen molar-refractivity contribution < 1.29 is 4.21 Å². The average molecular weight is 305 g/mol. The molecule has 0 radical (unpaired) electrons. The molecule has 0 aliphatic rings. The van der Waals surface area contributed by atoms with Crippen molar-refractivity contribution in [1.29, 1.82) is 0 Å². The lowest BCUT2D eigenvalue weighted by Gasteiger charge is -2.24. The summed E-state index contributed by atoms with van der Waals surface area (Å²) in [5.74, 6) is 0. The monoisotopic (exact) mass is 305 g/mol. The van der Waals surface area contributed by atoms with E-state index in [0.29, 0.717) is 0 Å². The Morgan fingerprint density at radius 1 is 0.850 bits per heavy atom. The maximum Gasteiger partial charge on any atom is 0.101 e. The van der Waals surface area contributed by atoms with Crippen molar-refractivity contribution >= 4 is 29.7 Å². The molecule has 2 aromatic carbocycles. The van der Waals surface area contributed by atoms with E-state index in [9.17, 15) is 4.21 Å². The molecule has 0 aliphatic heterocycles. The SMILES string of the molecule is CC(C)(C)[S@](=O)NP(c1ccccc1)c1ccccc1. The van der Waals surface area contributed by atoms with Gasteiger partial charge in [0, 0.05) is 8.07 Å². The summed E-state index contributed by atoms with van der Waals surface area (Å²) in [6.07, 6.45) is 0. The predicted octanol–water partition coefficient (Wildman–Crippen LogP) is 3.09. The largest absolute Gasteiger partial charge is 0.242 e. The Morgan fingerprint density at radius 3 is 1.60 bits per heavy atom. The maximum atomic E-state index is 12.4. The van der Waals surface area contributed by atoms with E-state index < -0.39 is 19.1 Å². The van der Waals surface area contributed by atoms with Crippen molar-refractivity contribution in [2.45, 2.75) is 25.5 Å². The van der Waals surface area contributed by atoms with E-state index in [1.807, 2.05) is 57.2 Å². The van der Waals surface area contributed by atoms with E-state index in [2.05, 4.69) is 28.8 Å². The molecule has 0 aromatic heterocycles. The molecule has 0 heterocycles. The van der Waals surface area contributed by atoms with Crippen LogP contribution in [0.3, 0.4) is 0 Å². The minimum Gasteiger partial charge on any atom is -0.242 e. The van der Waals surface area contributed by atoms with Gasteiger partial charge in [0.15, 0.2) is 0 Å². The van der Waals surface area contributed by atoms with Crippen molar-refractivity contribution in [3.05, 3.63) is 60.7 Å². The Labute approximate surface area is 125 Å². The average Bonchev–Trinajstić information content (AvgIpc) is 2.45. The van der Waals surface area contributed by atoms with Crippen LogP contribution in [-0.2, 0) is 11.0 Å². The van der Waals surface area contributed by atoms with Crippen molar-refractivity contribution in [2.75, 3.05) is 0 Å². The molecular formula is C16H20NOPS. The number of rotatable bonds is 4. The summed E-state index contributed by atoms with van der Waals surface area (Å²) < 4.78 is 15.5. The van der Waals surface area contributed by atoms with Gasteiger partial charge in [-0.25, -0.2) is 8.70 Å². The van der Waals surface area contributed by atoms with Gasteiger partial charge in [-0.3, -0.25) is 0 Å². The smallest absolute Gasteiger partial charge is 0.101 e. The predicted molar refractivity (Wildman–Crippen MR) is 90.1 cm³/mol. The Hall–Kier alpha value is -1.02. The zero-order valence-electron chi connectivity index (χ0n) is 12.0. The third-order valence-electron chi connectivity index (χ3n) is 2.76. The van der Waals surface area contributed by atoms with E-state index in [4.69, 9.17) is 0 Å². The fourth-order valence-electron chi connectivity index (χ4n) is 1.63. The lowest BCUT2D eigenvalue weighted by Crippen LogP contribution is -2.34. The summed E-state index contributed by atoms with van der Waals surface area (Å²) in [7, 11) is -1.89. The Kier molecular flexibility index (Phi) is 5.09. The van der Waals surface area contributed by atoms with Gasteiger partial charge in [-0.2, -0.15) is 0 Å². The van der Waals surface area contributed by atoms with Gasteiger partial charge in [-0.1, -0.05) is 60.7 Å². The summed E-state index contributed by atoms with van der Waals surface area (Å²) in [4.78, 5) is 0. The van der Waals surface area contributed by atoms with E-state index >= 15 is 0 Å². The molecule has 2 rings (SSSR count). The van der Waals surface area contributed by atoms with Gasteiger partial charge in [-0.05, 0) is 31.4 Å². The van der Waals surface area contributed by atoms with Gasteiger partial charge in [0.1, 0.15) is 11.0 Å². The highest BCUT2D eigenvalue weighted by atomic mass is 32.2. The summed E-state index contributed by atoms with van der Waals surface area (Å²) in [5.41, 5.74) is 0. The molecule has 0 saturated heterocycles. The van der Waals surface area contributed by atoms with Crippen LogP contribution in [0.5, 0.6) is 0 Å². The molecular weight excluding hydrogens is 285 g/mol. The zero-order chi connectivity index (χ0) is 14.6. The first kappa shape index (κ1) is 15.4. The van der Waals surface area contributed by atoms with Crippen LogP contribution in [0.25, 0.3) is 0 Å². The number of hydrogen-bond acceptors (Lipinski definition) is 1. The molecule has 0 fully saturated rings. The summed E-state index contributed by atoms with van der Waals surface area (Å²) >= 11 is 0. The molecule has 0 aliphatic carbocycles. The van der Waals surface area contributed by atoms with Crippen LogP contribution < -0.4 is 15.1 Å². The molecule has 1 N–H and O–H groups in total. The number of benzene rings is 2. The van der Waals surface area contributed by atoms with E-state index in [1.54, 1.807) is 0 Å². The Balaban J connectivity index is 2.34. The van der Waals surface area contributed by atoms with Gasteiger partial charge in [0.2, 0.25) is 0 Å². The minimum atomic E-state index is -1.09. The second kappa shape index (κ2) is 6.62. The van der Waals surface area contributed by atoms with Crippen LogP contribution in [0, 0.1) is 0 Å². The second-order valence-corrected chi connectivity index (χ2v) is 9.68. The van der Waals surface area contributed by atoms with Gasteiger partial charge < -0.3 is 0 Å². The highest BCUT2D eigenvalue weighted by Crippen LogP contribution is 2.30. The molecule has 2 nitrogen and oxygen atoms in total. The van der Waals surface area contributed by atoms with Crippen LogP contribution >= 0.6 is 8.07 Å². The van der Waals surface area contributed by atoms with Gasteiger partial charge in [0.25, 0.3) is 0 Å². The molecule has 0 amide bonds. The highest BCUT2D eigenvalue weighted by molar-refractivity contribution is 7.93. The first-order chi connectivity index (χ1) is 9.48. The lowest BCUT2D eigenvalue weighted by atomic mass is 10.3. The third-order valence-corrected chi connectivity index (χ3v) is 6.89. The number of hydrogen-bond donors (Lipinski definition) is 1. The van der Waals surface area contributed by atoms with E-state index in [-0.39, 0.29) is 4.75 Å². The molecule has 1 atom stereocenters. The van der Waals surface area contributed by atoms with Crippen LogP contribution in [0.4, 0.5) is 0 Å². The summed E-state index contributed by atoms with van der Waals surface area (Å²) in [5, 5.41) is 2.37. The van der Waals surface area contributed by atoms with Crippen LogP contribution in [0.1, 0.15) is 20.8 Å². The molecule has 106 valence electrons. The second-order valence-electron chi connectivity index (χ2n) is 5.48. The molecule has 4 heteroatoms. The van der Waals surface area contributed by atoms with Gasteiger partial charge >= 0.3 is 0 Å². The molecule has 2 aromatic rings. The Morgan fingerprint density at radius 2 is 1.25 bits per heavy atom. The van der Waals surface area contributed by atoms with Crippen molar-refractivity contribution in [3.63, 3.8) is 0 Å². The summed E-state index contributed by atoms with van der Waals surface area (Å²) in [6, 6.07) is 20.5. The molecule has 0 saturated carbocycles. The Bertz CT molecular complexity index is 527. The van der Waals surface area contributed by atoms with Crippen LogP contribution in [0.15, 0.2) is 60.7 Å². The van der Waals surface area contributed by atoms with Gasteiger partial charge in [0.05, 0.1) is 4.75 Å². The molecule has 0 spiro atoms. The fourth-order valence-corrected chi connectivity index (χ4v) is 5.47. The maximum absolute atomic E-state index is 12.4.